The van der Waals surface area contributed by atoms with Gasteiger partial charge in [0.1, 0.15) is 5.75 Å². The van der Waals surface area contributed by atoms with Gasteiger partial charge in [0, 0.05) is 24.4 Å². The topological polar surface area (TPSA) is 26.3 Å². The van der Waals surface area contributed by atoms with Gasteiger partial charge in [-0.3, -0.25) is 4.79 Å². The number of unbranched alkanes of at least 4 members (excludes halogenated alkanes) is 1. The summed E-state index contributed by atoms with van der Waals surface area (Å²) >= 11 is 0. The average Bonchev–Trinajstić information content (AvgIpc) is 2.55. The normalized spacial score (nSPS) is 10.8. The van der Waals surface area contributed by atoms with Crippen molar-refractivity contribution < 1.29 is 9.53 Å². The number of hydrogen-bond acceptors (Lipinski definition) is 2. The standard InChI is InChI=1S/C22H29O2P.Li/c1-7-8-11-24-19-9-10-20(15(3)13-19)25-22(23)21-16(4)12-14(2)17(5)18(21)6;/h9-10,12-13,25H,7-8,11H2,1-6H3;. The first-order chi connectivity index (χ1) is 11.8. The third kappa shape index (κ3) is 5.47. The van der Waals surface area contributed by atoms with Crippen LogP contribution in [0.5, 0.6) is 5.75 Å². The zero-order valence-electron chi connectivity index (χ0n) is 17.2. The molecule has 1 radical (unpaired) electrons. The van der Waals surface area contributed by atoms with Gasteiger partial charge in [-0.2, -0.15) is 0 Å². The second-order valence-electron chi connectivity index (χ2n) is 6.77. The fraction of sp³-hybridized carbons (Fsp3) is 0.409. The predicted molar refractivity (Wildman–Crippen MR) is 115 cm³/mol. The number of ether oxygens (including phenoxy) is 1. The third-order valence-electron chi connectivity index (χ3n) is 4.80. The molecule has 0 aliphatic heterocycles. The van der Waals surface area contributed by atoms with Gasteiger partial charge in [0.15, 0.2) is 5.52 Å². The summed E-state index contributed by atoms with van der Waals surface area (Å²) in [5.41, 5.74) is 6.90. The van der Waals surface area contributed by atoms with Gasteiger partial charge in [-0.05, 0) is 94.9 Å². The van der Waals surface area contributed by atoms with Crippen LogP contribution in [-0.2, 0) is 0 Å². The molecule has 0 N–H and O–H groups in total. The first-order valence-electron chi connectivity index (χ1n) is 8.97. The molecule has 2 aromatic carbocycles. The second-order valence-corrected chi connectivity index (χ2v) is 8.01. The van der Waals surface area contributed by atoms with E-state index in [0.717, 1.165) is 52.8 Å². The molecule has 0 aliphatic carbocycles. The molecule has 0 saturated heterocycles. The van der Waals surface area contributed by atoms with Crippen molar-refractivity contribution in [2.24, 2.45) is 0 Å². The van der Waals surface area contributed by atoms with Crippen molar-refractivity contribution in [2.75, 3.05) is 6.61 Å². The van der Waals surface area contributed by atoms with Crippen LogP contribution in [0.15, 0.2) is 24.3 Å². The summed E-state index contributed by atoms with van der Waals surface area (Å²) in [5, 5.41) is 1.10. The van der Waals surface area contributed by atoms with Crippen LogP contribution in [0.3, 0.4) is 0 Å². The van der Waals surface area contributed by atoms with Gasteiger partial charge in [-0.1, -0.05) is 25.5 Å². The van der Waals surface area contributed by atoms with Crippen molar-refractivity contribution >= 4 is 38.3 Å². The Morgan fingerprint density at radius 2 is 1.65 bits per heavy atom. The number of hydrogen-bond donors (Lipinski definition) is 0. The summed E-state index contributed by atoms with van der Waals surface area (Å²) < 4.78 is 5.76. The van der Waals surface area contributed by atoms with E-state index in [9.17, 15) is 4.79 Å². The molecule has 26 heavy (non-hydrogen) atoms. The van der Waals surface area contributed by atoms with Crippen molar-refractivity contribution in [1.82, 2.24) is 0 Å². The maximum absolute atomic E-state index is 12.9. The molecular formula is C22H29LiO2P. The molecule has 135 valence electrons. The summed E-state index contributed by atoms with van der Waals surface area (Å²) in [7, 11) is 0.145. The maximum Gasteiger partial charge on any atom is 0.186 e. The first kappa shape index (κ1) is 23.0. The predicted octanol–water partition coefficient (Wildman–Crippen LogP) is 5.17. The van der Waals surface area contributed by atoms with Crippen LogP contribution >= 0.6 is 8.58 Å². The van der Waals surface area contributed by atoms with Gasteiger partial charge in [0.05, 0.1) is 6.61 Å². The van der Waals surface area contributed by atoms with Crippen molar-refractivity contribution in [3.05, 3.63) is 57.6 Å². The number of aryl methyl sites for hydroxylation is 3. The van der Waals surface area contributed by atoms with E-state index < -0.39 is 0 Å². The number of rotatable bonds is 7. The molecule has 0 aliphatic rings. The van der Waals surface area contributed by atoms with Crippen molar-refractivity contribution in [3.8, 4) is 5.75 Å². The smallest absolute Gasteiger partial charge is 0.186 e. The Morgan fingerprint density at radius 3 is 2.27 bits per heavy atom. The van der Waals surface area contributed by atoms with Crippen molar-refractivity contribution in [1.29, 1.82) is 0 Å². The molecule has 1 atom stereocenters. The molecule has 2 aromatic rings. The molecule has 2 rings (SSSR count). The Bertz CT molecular complexity index is 784. The molecule has 4 heteroatoms. The van der Waals surface area contributed by atoms with E-state index in [1.165, 1.54) is 11.1 Å². The molecular weight excluding hydrogens is 334 g/mol. The molecule has 0 fully saturated rings. The second kappa shape index (κ2) is 10.3. The SMILES string of the molecule is CCCCOc1ccc(PC(=O)c2c(C)cc(C)c(C)c2C)c(C)c1.[Li]. The zero-order chi connectivity index (χ0) is 18.6. The summed E-state index contributed by atoms with van der Waals surface area (Å²) in [5.74, 6) is 0.894. The van der Waals surface area contributed by atoms with Crippen LogP contribution in [0.25, 0.3) is 0 Å². The summed E-state index contributed by atoms with van der Waals surface area (Å²) in [4.78, 5) is 12.9. The molecule has 0 spiro atoms. The van der Waals surface area contributed by atoms with Gasteiger partial charge in [0.2, 0.25) is 0 Å². The maximum atomic E-state index is 12.9. The fourth-order valence-corrected chi connectivity index (χ4v) is 4.21. The van der Waals surface area contributed by atoms with E-state index >= 15 is 0 Å². The Hall–Kier alpha value is -1.06. The fourth-order valence-electron chi connectivity index (χ4n) is 3.02. The summed E-state index contributed by atoms with van der Waals surface area (Å²) in [6.45, 7) is 13.3. The molecule has 0 aromatic heterocycles. The zero-order valence-corrected chi connectivity index (χ0v) is 18.2. The van der Waals surface area contributed by atoms with Crippen LogP contribution in [-0.4, -0.2) is 31.0 Å². The Morgan fingerprint density at radius 1 is 0.962 bits per heavy atom. The number of carbonyl (C=O) groups is 1. The summed E-state index contributed by atoms with van der Waals surface area (Å²) in [6.07, 6.45) is 2.19. The minimum atomic E-state index is 0. The number of benzene rings is 2. The Labute approximate surface area is 172 Å². The minimum absolute atomic E-state index is 0. The number of carbonyl (C=O) groups excluding carboxylic acids is 1. The van der Waals surface area contributed by atoms with E-state index in [-0.39, 0.29) is 33.0 Å². The Kier molecular flexibility index (Phi) is 9.12. The van der Waals surface area contributed by atoms with Gasteiger partial charge in [-0.15, -0.1) is 0 Å². The van der Waals surface area contributed by atoms with Crippen molar-refractivity contribution in [2.45, 2.75) is 54.4 Å². The van der Waals surface area contributed by atoms with E-state index in [1.54, 1.807) is 0 Å². The van der Waals surface area contributed by atoms with Gasteiger partial charge in [0.25, 0.3) is 0 Å². The molecule has 0 saturated carbocycles. The molecule has 0 amide bonds. The largest absolute Gasteiger partial charge is 0.494 e. The van der Waals surface area contributed by atoms with Crippen LogP contribution in [0, 0.1) is 34.6 Å². The Balaban J connectivity index is 0.00000338. The summed E-state index contributed by atoms with van der Waals surface area (Å²) in [6, 6.07) is 8.19. The van der Waals surface area contributed by atoms with Crippen LogP contribution < -0.4 is 10.0 Å². The molecule has 0 heterocycles. The molecule has 2 nitrogen and oxygen atoms in total. The van der Waals surface area contributed by atoms with Gasteiger partial charge >= 0.3 is 0 Å². The minimum Gasteiger partial charge on any atom is -0.494 e. The van der Waals surface area contributed by atoms with E-state index in [2.05, 4.69) is 40.7 Å². The molecule has 0 bridgehead atoms. The average molecular weight is 363 g/mol. The van der Waals surface area contributed by atoms with Crippen molar-refractivity contribution in [3.63, 3.8) is 0 Å². The van der Waals surface area contributed by atoms with Gasteiger partial charge < -0.3 is 4.74 Å². The molecule has 1 unspecified atom stereocenters. The van der Waals surface area contributed by atoms with Crippen LogP contribution in [0.4, 0.5) is 0 Å². The monoisotopic (exact) mass is 363 g/mol. The van der Waals surface area contributed by atoms with E-state index in [4.69, 9.17) is 4.74 Å². The quantitative estimate of drug-likeness (QED) is 0.385. The van der Waals surface area contributed by atoms with E-state index in [0.29, 0.717) is 0 Å². The van der Waals surface area contributed by atoms with E-state index in [1.807, 2.05) is 25.1 Å². The first-order valence-corrected chi connectivity index (χ1v) is 9.97. The van der Waals surface area contributed by atoms with Crippen LogP contribution in [0.2, 0.25) is 0 Å². The third-order valence-corrected chi connectivity index (χ3v) is 6.10. The van der Waals surface area contributed by atoms with Gasteiger partial charge in [-0.25, -0.2) is 0 Å². The van der Waals surface area contributed by atoms with Crippen LogP contribution in [0.1, 0.15) is 57.9 Å².